The highest BCUT2D eigenvalue weighted by atomic mass is 19.2. The maximum atomic E-state index is 13.6. The predicted molar refractivity (Wildman–Crippen MR) is 71.9 cm³/mol. The van der Waals surface area contributed by atoms with Gasteiger partial charge in [-0.25, -0.2) is 13.6 Å². The highest BCUT2D eigenvalue weighted by molar-refractivity contribution is 5.99. The first-order valence-corrected chi connectivity index (χ1v) is 6.31. The largest absolute Gasteiger partial charge is 0.480 e. The molecule has 21 heavy (non-hydrogen) atoms. The molecule has 7 heteroatoms. The first-order chi connectivity index (χ1) is 9.81. The van der Waals surface area contributed by atoms with Crippen LogP contribution in [0.15, 0.2) is 18.2 Å². The molecule has 5 nitrogen and oxygen atoms in total. The Morgan fingerprint density at radius 2 is 1.95 bits per heavy atom. The zero-order valence-electron chi connectivity index (χ0n) is 11.4. The minimum atomic E-state index is -1.16. The molecule has 1 amide bonds. The number of aromatic amines is 1. The number of hydrogen-bond donors (Lipinski definition) is 3. The Kier molecular flexibility index (Phi) is 3.93. The van der Waals surface area contributed by atoms with Gasteiger partial charge in [0.2, 0.25) is 0 Å². The summed E-state index contributed by atoms with van der Waals surface area (Å²) in [5.41, 5.74) is 0.233. The summed E-state index contributed by atoms with van der Waals surface area (Å²) in [5.74, 6) is -4.23. The van der Waals surface area contributed by atoms with E-state index < -0.39 is 29.6 Å². The molecule has 0 fully saturated rings. The van der Waals surface area contributed by atoms with Gasteiger partial charge in [0.25, 0.3) is 5.91 Å². The van der Waals surface area contributed by atoms with Crippen molar-refractivity contribution in [3.05, 3.63) is 35.5 Å². The third kappa shape index (κ3) is 2.86. The molecule has 3 N–H and O–H groups in total. The van der Waals surface area contributed by atoms with Crippen molar-refractivity contribution in [1.29, 1.82) is 0 Å². The number of benzene rings is 1. The van der Waals surface area contributed by atoms with Crippen molar-refractivity contribution in [3.8, 4) is 0 Å². The third-order valence-electron chi connectivity index (χ3n) is 3.15. The van der Waals surface area contributed by atoms with Gasteiger partial charge in [-0.2, -0.15) is 0 Å². The summed E-state index contributed by atoms with van der Waals surface area (Å²) in [5, 5.41) is 11.3. The van der Waals surface area contributed by atoms with Crippen LogP contribution in [0.2, 0.25) is 0 Å². The van der Waals surface area contributed by atoms with Crippen LogP contribution in [0.1, 0.15) is 24.3 Å². The molecule has 0 spiro atoms. The van der Waals surface area contributed by atoms with E-state index in [-0.39, 0.29) is 22.5 Å². The number of nitrogens with one attached hydrogen (secondary N) is 2. The van der Waals surface area contributed by atoms with Crippen molar-refractivity contribution in [2.45, 2.75) is 19.9 Å². The highest BCUT2D eigenvalue weighted by Gasteiger charge is 2.25. The average Bonchev–Trinajstić information content (AvgIpc) is 2.84. The maximum absolute atomic E-state index is 13.6. The molecule has 0 aliphatic rings. The number of carbonyl (C=O) groups excluding carboxylic acids is 1. The molecule has 2 rings (SSSR count). The molecule has 2 aromatic rings. The van der Waals surface area contributed by atoms with Crippen molar-refractivity contribution in [1.82, 2.24) is 10.3 Å². The molecule has 0 bridgehead atoms. The summed E-state index contributed by atoms with van der Waals surface area (Å²) >= 11 is 0. The van der Waals surface area contributed by atoms with Gasteiger partial charge in [-0.15, -0.1) is 0 Å². The summed E-state index contributed by atoms with van der Waals surface area (Å²) < 4.78 is 26.7. The standard InChI is InChI=1S/C14H14F2N2O3/c1-6(2)12(14(20)21)18-13(19)10-5-7-9(17-10)4-3-8(15)11(7)16/h3-6,12,17H,1-2H3,(H,18,19)(H,20,21). The molecule has 0 radical (unpaired) electrons. The molecule has 0 saturated heterocycles. The van der Waals surface area contributed by atoms with Gasteiger partial charge in [0.1, 0.15) is 11.7 Å². The van der Waals surface area contributed by atoms with Crippen molar-refractivity contribution in [3.63, 3.8) is 0 Å². The fourth-order valence-corrected chi connectivity index (χ4v) is 2.00. The number of amides is 1. The second-order valence-corrected chi connectivity index (χ2v) is 5.04. The van der Waals surface area contributed by atoms with Gasteiger partial charge < -0.3 is 15.4 Å². The van der Waals surface area contributed by atoms with E-state index in [1.54, 1.807) is 13.8 Å². The summed E-state index contributed by atoms with van der Waals surface area (Å²) in [7, 11) is 0. The van der Waals surface area contributed by atoms with Crippen LogP contribution in [0.5, 0.6) is 0 Å². The molecule has 0 saturated carbocycles. The summed E-state index contributed by atoms with van der Waals surface area (Å²) in [6, 6.07) is 2.35. The fourth-order valence-electron chi connectivity index (χ4n) is 2.00. The molecule has 1 aromatic heterocycles. The molecule has 112 valence electrons. The molecular formula is C14H14F2N2O3. The van der Waals surface area contributed by atoms with Crippen molar-refractivity contribution < 1.29 is 23.5 Å². The molecule has 0 aliphatic heterocycles. The quantitative estimate of drug-likeness (QED) is 0.809. The Labute approximate surface area is 119 Å². The number of fused-ring (bicyclic) bond motifs is 1. The van der Waals surface area contributed by atoms with Crippen LogP contribution in [-0.2, 0) is 4.79 Å². The smallest absolute Gasteiger partial charge is 0.326 e. The zero-order valence-corrected chi connectivity index (χ0v) is 11.4. The van der Waals surface area contributed by atoms with E-state index in [9.17, 15) is 18.4 Å². The van der Waals surface area contributed by atoms with E-state index >= 15 is 0 Å². The number of aliphatic carboxylic acids is 1. The van der Waals surface area contributed by atoms with Gasteiger partial charge in [-0.3, -0.25) is 4.79 Å². The lowest BCUT2D eigenvalue weighted by molar-refractivity contribution is -0.140. The van der Waals surface area contributed by atoms with Crippen LogP contribution >= 0.6 is 0 Å². The Bertz CT molecular complexity index is 710. The molecule has 1 heterocycles. The Morgan fingerprint density at radius 3 is 2.52 bits per heavy atom. The van der Waals surface area contributed by atoms with E-state index in [1.165, 1.54) is 6.07 Å². The first kappa shape index (κ1) is 15.0. The zero-order chi connectivity index (χ0) is 15.7. The van der Waals surface area contributed by atoms with E-state index in [2.05, 4.69) is 10.3 Å². The monoisotopic (exact) mass is 296 g/mol. The van der Waals surface area contributed by atoms with Crippen LogP contribution < -0.4 is 5.32 Å². The fraction of sp³-hybridized carbons (Fsp3) is 0.286. The van der Waals surface area contributed by atoms with Crippen LogP contribution in [0.4, 0.5) is 8.78 Å². The van der Waals surface area contributed by atoms with Crippen molar-refractivity contribution in [2.75, 3.05) is 0 Å². The molecule has 1 unspecified atom stereocenters. The lowest BCUT2D eigenvalue weighted by Gasteiger charge is -2.17. The van der Waals surface area contributed by atoms with Crippen molar-refractivity contribution >= 4 is 22.8 Å². The van der Waals surface area contributed by atoms with Crippen LogP contribution in [0, 0.1) is 17.6 Å². The molecule has 0 aliphatic carbocycles. The number of H-pyrrole nitrogens is 1. The Hall–Kier alpha value is -2.44. The molecular weight excluding hydrogens is 282 g/mol. The number of hydrogen-bond acceptors (Lipinski definition) is 2. The third-order valence-corrected chi connectivity index (χ3v) is 3.15. The van der Waals surface area contributed by atoms with Crippen LogP contribution in [0.25, 0.3) is 10.9 Å². The number of halogens is 2. The van der Waals surface area contributed by atoms with Gasteiger partial charge in [0.05, 0.1) is 0 Å². The molecule has 1 aromatic carbocycles. The normalized spacial score (nSPS) is 12.6. The first-order valence-electron chi connectivity index (χ1n) is 6.31. The van der Waals surface area contributed by atoms with Gasteiger partial charge in [0, 0.05) is 10.9 Å². The van der Waals surface area contributed by atoms with Crippen molar-refractivity contribution in [2.24, 2.45) is 5.92 Å². The Morgan fingerprint density at radius 1 is 1.29 bits per heavy atom. The lowest BCUT2D eigenvalue weighted by atomic mass is 10.0. The minimum Gasteiger partial charge on any atom is -0.480 e. The Balaban J connectivity index is 2.32. The van der Waals surface area contributed by atoms with E-state index in [4.69, 9.17) is 5.11 Å². The summed E-state index contributed by atoms with van der Waals surface area (Å²) in [4.78, 5) is 25.7. The summed E-state index contributed by atoms with van der Waals surface area (Å²) in [6.45, 7) is 3.30. The van der Waals surface area contributed by atoms with Gasteiger partial charge >= 0.3 is 5.97 Å². The average molecular weight is 296 g/mol. The van der Waals surface area contributed by atoms with Crippen LogP contribution in [0.3, 0.4) is 0 Å². The van der Waals surface area contributed by atoms with Gasteiger partial charge in [0.15, 0.2) is 11.6 Å². The SMILES string of the molecule is CC(C)C(NC(=O)c1cc2c(F)c(F)ccc2[nH]1)C(=O)O. The highest BCUT2D eigenvalue weighted by Crippen LogP contribution is 2.21. The van der Waals surface area contributed by atoms with Gasteiger partial charge in [-0.1, -0.05) is 13.8 Å². The number of carboxylic acids is 1. The number of carboxylic acid groups (broad SMARTS) is 1. The second-order valence-electron chi connectivity index (χ2n) is 5.04. The number of rotatable bonds is 4. The predicted octanol–water partition coefficient (Wildman–Crippen LogP) is 2.29. The summed E-state index contributed by atoms with van der Waals surface area (Å²) in [6.07, 6.45) is 0. The molecule has 1 atom stereocenters. The number of carbonyl (C=O) groups is 2. The van der Waals surface area contributed by atoms with E-state index in [0.29, 0.717) is 0 Å². The van der Waals surface area contributed by atoms with E-state index in [0.717, 1.165) is 12.1 Å². The second kappa shape index (κ2) is 5.51. The van der Waals surface area contributed by atoms with E-state index in [1.807, 2.05) is 0 Å². The maximum Gasteiger partial charge on any atom is 0.326 e. The van der Waals surface area contributed by atoms with Gasteiger partial charge in [-0.05, 0) is 24.1 Å². The number of aromatic nitrogens is 1. The minimum absolute atomic E-state index is 0.0265. The lowest BCUT2D eigenvalue weighted by Crippen LogP contribution is -2.44. The topological polar surface area (TPSA) is 82.2 Å². The van der Waals surface area contributed by atoms with Crippen LogP contribution in [-0.4, -0.2) is 28.0 Å².